The van der Waals surface area contributed by atoms with Gasteiger partial charge in [-0.2, -0.15) is 26.3 Å². The Morgan fingerprint density at radius 3 is 1.61 bits per heavy atom. The zero-order chi connectivity index (χ0) is 30.5. The number of carbonyl (C=O) groups excluding carboxylic acids is 3. The fraction of sp³-hybridized carbons (Fsp3) is 0.154. The topological polar surface area (TPSA) is 119 Å². The number of halogens is 7. The Balaban J connectivity index is 1.97. The van der Waals surface area contributed by atoms with Gasteiger partial charge in [-0.05, 0) is 54.6 Å². The number of carbonyl (C=O) groups is 4. The SMILES string of the molecule is O=C(O[C@@H](C(=O)O)[C@@H](OC(=O)c1cccc(C(F)(F)F)c1)C(=O)Nc1cccc(Br)c1)c1cccc(C(F)(F)F)c1. The third-order valence-corrected chi connectivity index (χ3v) is 5.68. The molecule has 0 saturated heterocycles. The number of nitrogens with one attached hydrogen (secondary N) is 1. The fourth-order valence-corrected chi connectivity index (χ4v) is 3.69. The molecule has 0 spiro atoms. The number of amides is 1. The van der Waals surface area contributed by atoms with Gasteiger partial charge >= 0.3 is 30.3 Å². The number of alkyl halides is 6. The minimum Gasteiger partial charge on any atom is -0.478 e. The highest BCUT2D eigenvalue weighted by atomic mass is 79.9. The number of hydrogen-bond acceptors (Lipinski definition) is 6. The zero-order valence-corrected chi connectivity index (χ0v) is 21.7. The maximum absolute atomic E-state index is 13.1. The van der Waals surface area contributed by atoms with Crippen molar-refractivity contribution in [1.82, 2.24) is 0 Å². The number of benzene rings is 3. The molecule has 2 N–H and O–H groups in total. The molecule has 2 atom stereocenters. The Hall–Kier alpha value is -4.40. The van der Waals surface area contributed by atoms with E-state index in [1.807, 2.05) is 0 Å². The molecule has 0 aliphatic carbocycles. The van der Waals surface area contributed by atoms with Gasteiger partial charge in [0.2, 0.25) is 12.2 Å². The Bertz CT molecular complexity index is 1470. The Kier molecular flexibility index (Phi) is 9.42. The van der Waals surface area contributed by atoms with E-state index in [4.69, 9.17) is 9.47 Å². The van der Waals surface area contributed by atoms with Gasteiger partial charge in [-0.3, -0.25) is 4.79 Å². The van der Waals surface area contributed by atoms with Crippen molar-refractivity contribution in [3.8, 4) is 0 Å². The number of esters is 2. The lowest BCUT2D eigenvalue weighted by molar-refractivity contribution is -0.157. The summed E-state index contributed by atoms with van der Waals surface area (Å²) < 4.78 is 88.7. The van der Waals surface area contributed by atoms with Crippen LogP contribution in [0.2, 0.25) is 0 Å². The maximum Gasteiger partial charge on any atom is 0.416 e. The van der Waals surface area contributed by atoms with Gasteiger partial charge in [-0.1, -0.05) is 34.1 Å². The minimum atomic E-state index is -4.87. The number of carboxylic acid groups (broad SMARTS) is 1. The number of rotatable bonds is 8. The second-order valence-electron chi connectivity index (χ2n) is 8.15. The van der Waals surface area contributed by atoms with E-state index < -0.39 is 70.6 Å². The molecule has 41 heavy (non-hydrogen) atoms. The van der Waals surface area contributed by atoms with Crippen LogP contribution in [0.3, 0.4) is 0 Å². The maximum atomic E-state index is 13.1. The highest BCUT2D eigenvalue weighted by Gasteiger charge is 2.42. The fourth-order valence-electron chi connectivity index (χ4n) is 3.29. The predicted octanol–water partition coefficient (Wildman–Crippen LogP) is 5.96. The van der Waals surface area contributed by atoms with Crippen LogP contribution >= 0.6 is 15.9 Å². The summed E-state index contributed by atoms with van der Waals surface area (Å²) in [5, 5.41) is 12.0. The average molecular weight is 648 g/mol. The van der Waals surface area contributed by atoms with Crippen LogP contribution in [-0.2, 0) is 31.4 Å². The predicted molar refractivity (Wildman–Crippen MR) is 132 cm³/mol. The number of hydrogen-bond donors (Lipinski definition) is 2. The normalized spacial score (nSPS) is 13.0. The summed E-state index contributed by atoms with van der Waals surface area (Å²) in [6.45, 7) is 0. The Labute approximate surface area is 235 Å². The van der Waals surface area contributed by atoms with Crippen molar-refractivity contribution in [2.24, 2.45) is 0 Å². The van der Waals surface area contributed by atoms with Crippen molar-refractivity contribution >= 4 is 45.4 Å². The van der Waals surface area contributed by atoms with E-state index in [0.717, 1.165) is 24.3 Å². The molecule has 3 rings (SSSR count). The molecule has 3 aromatic carbocycles. The van der Waals surface area contributed by atoms with Gasteiger partial charge in [0.25, 0.3) is 5.91 Å². The van der Waals surface area contributed by atoms with Crippen LogP contribution in [0.25, 0.3) is 0 Å². The summed E-state index contributed by atoms with van der Waals surface area (Å²) in [5.41, 5.74) is -3.96. The standard InChI is InChI=1S/C26H16BrF6NO7/c27-17-8-3-9-18(12-17)34-21(35)19(40-23(38)13-4-1-6-15(10-13)25(28,29)30)20(22(36)37)41-24(39)14-5-2-7-16(11-14)26(31,32)33/h1-12,19-20H,(H,34,35)(H,36,37)/t19-,20-/m1/s1. The molecule has 0 aliphatic heterocycles. The summed E-state index contributed by atoms with van der Waals surface area (Å²) in [5.74, 6) is -6.66. The summed E-state index contributed by atoms with van der Waals surface area (Å²) in [6, 6.07) is 11.2. The van der Waals surface area contributed by atoms with Crippen molar-refractivity contribution in [2.45, 2.75) is 24.6 Å². The quantitative estimate of drug-likeness (QED) is 0.229. The summed E-state index contributed by atoms with van der Waals surface area (Å²) in [6.07, 6.45) is -14.9. The third-order valence-electron chi connectivity index (χ3n) is 5.19. The monoisotopic (exact) mass is 647 g/mol. The highest BCUT2D eigenvalue weighted by molar-refractivity contribution is 9.10. The van der Waals surface area contributed by atoms with Crippen molar-refractivity contribution in [1.29, 1.82) is 0 Å². The lowest BCUT2D eigenvalue weighted by Gasteiger charge is -2.24. The first-order chi connectivity index (χ1) is 19.1. The van der Waals surface area contributed by atoms with Crippen molar-refractivity contribution in [3.05, 3.63) is 99.5 Å². The van der Waals surface area contributed by atoms with Crippen molar-refractivity contribution in [2.75, 3.05) is 5.32 Å². The molecular weight excluding hydrogens is 632 g/mol. The van der Waals surface area contributed by atoms with Crippen LogP contribution in [0.15, 0.2) is 77.3 Å². The van der Waals surface area contributed by atoms with Crippen molar-refractivity contribution in [3.63, 3.8) is 0 Å². The second-order valence-corrected chi connectivity index (χ2v) is 9.06. The number of carboxylic acids is 1. The zero-order valence-electron chi connectivity index (χ0n) is 20.1. The molecule has 216 valence electrons. The summed E-state index contributed by atoms with van der Waals surface area (Å²) in [7, 11) is 0. The Morgan fingerprint density at radius 1 is 0.707 bits per heavy atom. The second kappa shape index (κ2) is 12.4. The lowest BCUT2D eigenvalue weighted by Crippen LogP contribution is -2.48. The van der Waals surface area contributed by atoms with E-state index in [1.165, 1.54) is 18.2 Å². The summed E-state index contributed by atoms with van der Waals surface area (Å²) >= 11 is 3.14. The average Bonchev–Trinajstić information content (AvgIpc) is 2.89. The van der Waals surface area contributed by atoms with Gasteiger partial charge in [-0.25, -0.2) is 14.4 Å². The third kappa shape index (κ3) is 8.30. The van der Waals surface area contributed by atoms with Gasteiger partial charge in [-0.15, -0.1) is 0 Å². The molecule has 0 fully saturated rings. The van der Waals surface area contributed by atoms with E-state index in [0.29, 0.717) is 28.7 Å². The molecule has 0 aliphatic rings. The largest absolute Gasteiger partial charge is 0.478 e. The molecule has 3 aromatic rings. The van der Waals surface area contributed by atoms with Gasteiger partial charge in [0, 0.05) is 10.2 Å². The van der Waals surface area contributed by atoms with Gasteiger partial charge in [0.1, 0.15) is 0 Å². The van der Waals surface area contributed by atoms with Crippen LogP contribution < -0.4 is 5.32 Å². The molecule has 0 unspecified atom stereocenters. The smallest absolute Gasteiger partial charge is 0.416 e. The Morgan fingerprint density at radius 2 is 1.17 bits per heavy atom. The van der Waals surface area contributed by atoms with E-state index in [2.05, 4.69) is 21.2 Å². The number of anilines is 1. The molecular formula is C26H16BrF6NO7. The minimum absolute atomic E-state index is 0.0397. The highest BCUT2D eigenvalue weighted by Crippen LogP contribution is 2.31. The lowest BCUT2D eigenvalue weighted by atomic mass is 10.1. The van der Waals surface area contributed by atoms with Gasteiger partial charge in [0.15, 0.2) is 0 Å². The van der Waals surface area contributed by atoms with Crippen LogP contribution in [-0.4, -0.2) is 41.1 Å². The molecule has 1 amide bonds. The van der Waals surface area contributed by atoms with Crippen LogP contribution in [0.1, 0.15) is 31.8 Å². The van der Waals surface area contributed by atoms with Gasteiger partial charge < -0.3 is 19.9 Å². The van der Waals surface area contributed by atoms with Gasteiger partial charge in [0.05, 0.1) is 22.3 Å². The van der Waals surface area contributed by atoms with E-state index in [9.17, 15) is 50.6 Å². The number of ether oxygens (including phenoxy) is 2. The van der Waals surface area contributed by atoms with Crippen LogP contribution in [0, 0.1) is 0 Å². The molecule has 15 heteroatoms. The first-order valence-corrected chi connectivity index (χ1v) is 11.9. The molecule has 0 saturated carbocycles. The first-order valence-electron chi connectivity index (χ1n) is 11.1. The molecule has 8 nitrogen and oxygen atoms in total. The van der Waals surface area contributed by atoms with Crippen LogP contribution in [0.4, 0.5) is 32.0 Å². The van der Waals surface area contributed by atoms with E-state index in [1.54, 1.807) is 6.07 Å². The molecule has 0 bridgehead atoms. The van der Waals surface area contributed by atoms with Crippen molar-refractivity contribution < 1.29 is 60.1 Å². The number of aliphatic carboxylic acids is 1. The molecule has 0 heterocycles. The molecule has 0 radical (unpaired) electrons. The first kappa shape index (κ1) is 31.1. The molecule has 0 aromatic heterocycles. The van der Waals surface area contributed by atoms with Crippen LogP contribution in [0.5, 0.6) is 0 Å². The van der Waals surface area contributed by atoms with E-state index >= 15 is 0 Å². The van der Waals surface area contributed by atoms with E-state index in [-0.39, 0.29) is 5.69 Å². The summed E-state index contributed by atoms with van der Waals surface area (Å²) in [4.78, 5) is 50.5.